The highest BCUT2D eigenvalue weighted by atomic mass is 32.2. The molecule has 1 aromatic rings. The van der Waals surface area contributed by atoms with Crippen LogP contribution >= 0.6 is 0 Å². The molecule has 0 radical (unpaired) electrons. The molecule has 1 fully saturated rings. The van der Waals surface area contributed by atoms with Gasteiger partial charge in [0.05, 0.1) is 16.4 Å². The lowest BCUT2D eigenvalue weighted by molar-refractivity contribution is -0.109. The van der Waals surface area contributed by atoms with E-state index in [1.54, 1.807) is 37.3 Å². The van der Waals surface area contributed by atoms with Crippen LogP contribution < -0.4 is 0 Å². The number of benzene rings is 1. The lowest BCUT2D eigenvalue weighted by Gasteiger charge is -2.28. The fourth-order valence-corrected chi connectivity index (χ4v) is 4.26. The molecule has 2 atom stereocenters. The van der Waals surface area contributed by atoms with Gasteiger partial charge in [-0.2, -0.15) is 0 Å². The van der Waals surface area contributed by atoms with Gasteiger partial charge < -0.3 is 9.47 Å². The van der Waals surface area contributed by atoms with Crippen molar-refractivity contribution in [2.24, 2.45) is 5.92 Å². The average molecular weight is 280 g/mol. The molecule has 0 aliphatic carbocycles. The summed E-state index contributed by atoms with van der Waals surface area (Å²) in [5.41, 5.74) is 0. The van der Waals surface area contributed by atoms with Crippen molar-refractivity contribution in [3.63, 3.8) is 0 Å². The van der Waals surface area contributed by atoms with E-state index >= 15 is 0 Å². The SMILES string of the molecule is CC1=C(S(=O)(=O)c2ccccc2)C[C@H]2CCO[C@H]2O1. The minimum absolute atomic E-state index is 0.150. The summed E-state index contributed by atoms with van der Waals surface area (Å²) < 4.78 is 36.3. The van der Waals surface area contributed by atoms with Gasteiger partial charge in [0.25, 0.3) is 0 Å². The second-order valence-electron chi connectivity index (χ2n) is 4.91. The van der Waals surface area contributed by atoms with Crippen LogP contribution in [0.5, 0.6) is 0 Å². The Hall–Kier alpha value is -1.33. The fourth-order valence-electron chi connectivity index (χ4n) is 2.60. The molecule has 1 saturated heterocycles. The highest BCUT2D eigenvalue weighted by molar-refractivity contribution is 7.95. The Balaban J connectivity index is 1.99. The molecule has 0 saturated carbocycles. The molecule has 102 valence electrons. The van der Waals surface area contributed by atoms with Crippen LogP contribution in [-0.4, -0.2) is 21.3 Å². The van der Waals surface area contributed by atoms with Gasteiger partial charge >= 0.3 is 0 Å². The zero-order chi connectivity index (χ0) is 13.5. The zero-order valence-electron chi connectivity index (χ0n) is 10.7. The monoisotopic (exact) mass is 280 g/mol. The Labute approximate surface area is 113 Å². The van der Waals surface area contributed by atoms with E-state index in [9.17, 15) is 8.42 Å². The number of fused-ring (bicyclic) bond motifs is 1. The maximum absolute atomic E-state index is 12.6. The molecule has 0 spiro atoms. The third-order valence-electron chi connectivity index (χ3n) is 3.67. The van der Waals surface area contributed by atoms with Crippen molar-refractivity contribution in [2.75, 3.05) is 6.61 Å². The molecule has 1 aromatic carbocycles. The Morgan fingerprint density at radius 1 is 1.21 bits per heavy atom. The van der Waals surface area contributed by atoms with E-state index in [0.717, 1.165) is 6.42 Å². The minimum atomic E-state index is -3.45. The number of ether oxygens (including phenoxy) is 2. The van der Waals surface area contributed by atoms with Gasteiger partial charge in [-0.05, 0) is 31.9 Å². The summed E-state index contributed by atoms with van der Waals surface area (Å²) in [5, 5.41) is 0. The Morgan fingerprint density at radius 3 is 2.68 bits per heavy atom. The average Bonchev–Trinajstić information content (AvgIpc) is 2.85. The van der Waals surface area contributed by atoms with Crippen LogP contribution in [0.1, 0.15) is 19.8 Å². The van der Waals surface area contributed by atoms with Crippen LogP contribution in [0.15, 0.2) is 45.9 Å². The molecule has 2 aliphatic heterocycles. The van der Waals surface area contributed by atoms with Gasteiger partial charge in [0.15, 0.2) is 0 Å². The van der Waals surface area contributed by atoms with Gasteiger partial charge in [-0.15, -0.1) is 0 Å². The van der Waals surface area contributed by atoms with Gasteiger partial charge in [-0.3, -0.25) is 0 Å². The van der Waals surface area contributed by atoms with Gasteiger partial charge in [0.1, 0.15) is 5.76 Å². The van der Waals surface area contributed by atoms with Crippen LogP contribution in [0.2, 0.25) is 0 Å². The second kappa shape index (κ2) is 4.65. The molecule has 19 heavy (non-hydrogen) atoms. The molecule has 0 bridgehead atoms. The normalized spacial score (nSPS) is 27.0. The summed E-state index contributed by atoms with van der Waals surface area (Å²) in [7, 11) is -3.45. The van der Waals surface area contributed by atoms with Crippen LogP contribution in [0.3, 0.4) is 0 Å². The Kier molecular flexibility index (Phi) is 3.11. The molecule has 0 N–H and O–H groups in total. The molecular formula is C14H16O4S. The highest BCUT2D eigenvalue weighted by Crippen LogP contribution is 2.39. The third kappa shape index (κ3) is 2.17. The molecule has 2 aliphatic rings. The van der Waals surface area contributed by atoms with Crippen LogP contribution in [0, 0.1) is 5.92 Å². The summed E-state index contributed by atoms with van der Waals surface area (Å²) in [6.45, 7) is 2.34. The van der Waals surface area contributed by atoms with Crippen molar-refractivity contribution in [2.45, 2.75) is 31.0 Å². The van der Waals surface area contributed by atoms with Gasteiger partial charge in [-0.25, -0.2) is 8.42 Å². The fraction of sp³-hybridized carbons (Fsp3) is 0.429. The molecule has 2 heterocycles. The first-order valence-electron chi connectivity index (χ1n) is 6.37. The second-order valence-corrected chi connectivity index (χ2v) is 6.88. The smallest absolute Gasteiger partial charge is 0.206 e. The number of rotatable bonds is 2. The summed E-state index contributed by atoms with van der Waals surface area (Å²) >= 11 is 0. The maximum Gasteiger partial charge on any atom is 0.206 e. The summed E-state index contributed by atoms with van der Waals surface area (Å²) in [4.78, 5) is 0.718. The van der Waals surface area contributed by atoms with E-state index < -0.39 is 9.84 Å². The van der Waals surface area contributed by atoms with E-state index in [-0.39, 0.29) is 12.2 Å². The highest BCUT2D eigenvalue weighted by Gasteiger charge is 2.39. The van der Waals surface area contributed by atoms with Gasteiger partial charge in [0.2, 0.25) is 16.1 Å². The first kappa shape index (κ1) is 12.7. The van der Waals surface area contributed by atoms with Gasteiger partial charge in [-0.1, -0.05) is 18.2 Å². The quantitative estimate of drug-likeness (QED) is 0.835. The van der Waals surface area contributed by atoms with E-state index in [2.05, 4.69) is 0 Å². The number of hydrogen-bond donors (Lipinski definition) is 0. The number of allylic oxidation sites excluding steroid dienone is 2. The molecule has 0 unspecified atom stereocenters. The Bertz CT molecular complexity index is 604. The first-order valence-corrected chi connectivity index (χ1v) is 7.85. The molecule has 4 nitrogen and oxygen atoms in total. The van der Waals surface area contributed by atoms with Crippen LogP contribution in [0.25, 0.3) is 0 Å². The predicted molar refractivity (Wildman–Crippen MR) is 69.9 cm³/mol. The Morgan fingerprint density at radius 2 is 1.95 bits per heavy atom. The lowest BCUT2D eigenvalue weighted by atomic mass is 10.0. The number of hydrogen-bond acceptors (Lipinski definition) is 4. The third-order valence-corrected chi connectivity index (χ3v) is 5.66. The lowest BCUT2D eigenvalue weighted by Crippen LogP contribution is -2.27. The zero-order valence-corrected chi connectivity index (χ0v) is 11.5. The summed E-state index contributed by atoms with van der Waals surface area (Å²) in [5.74, 6) is 0.615. The summed E-state index contributed by atoms with van der Waals surface area (Å²) in [6.07, 6.45) is 1.09. The number of sulfone groups is 1. The van der Waals surface area contributed by atoms with E-state index in [4.69, 9.17) is 9.47 Å². The first-order chi connectivity index (χ1) is 9.09. The minimum Gasteiger partial charge on any atom is -0.468 e. The van der Waals surface area contributed by atoms with E-state index in [1.807, 2.05) is 0 Å². The van der Waals surface area contributed by atoms with Crippen molar-refractivity contribution < 1.29 is 17.9 Å². The summed E-state index contributed by atoms with van der Waals surface area (Å²) in [6, 6.07) is 8.50. The van der Waals surface area contributed by atoms with E-state index in [1.165, 1.54) is 0 Å². The largest absolute Gasteiger partial charge is 0.468 e. The molecule has 5 heteroatoms. The molecule has 3 rings (SSSR count). The van der Waals surface area contributed by atoms with Crippen LogP contribution in [0.4, 0.5) is 0 Å². The van der Waals surface area contributed by atoms with Crippen molar-refractivity contribution in [1.82, 2.24) is 0 Å². The van der Waals surface area contributed by atoms with Crippen molar-refractivity contribution in [1.29, 1.82) is 0 Å². The van der Waals surface area contributed by atoms with Crippen molar-refractivity contribution in [3.8, 4) is 0 Å². The van der Waals surface area contributed by atoms with Crippen molar-refractivity contribution in [3.05, 3.63) is 41.0 Å². The standard InChI is InChI=1S/C14H16O4S/c1-10-13(9-11-7-8-17-14(11)18-10)19(15,16)12-5-3-2-4-6-12/h2-6,11,14H,7-9H2,1H3/t11-,14+/m1/s1. The van der Waals surface area contributed by atoms with E-state index in [0.29, 0.717) is 28.6 Å². The predicted octanol–water partition coefficient (Wildman–Crippen LogP) is 2.47. The topological polar surface area (TPSA) is 52.6 Å². The van der Waals surface area contributed by atoms with Crippen molar-refractivity contribution >= 4 is 9.84 Å². The molecule has 0 amide bonds. The van der Waals surface area contributed by atoms with Gasteiger partial charge in [0, 0.05) is 5.92 Å². The molecular weight excluding hydrogens is 264 g/mol. The van der Waals surface area contributed by atoms with Crippen LogP contribution in [-0.2, 0) is 19.3 Å². The maximum atomic E-state index is 12.6. The molecule has 0 aromatic heterocycles.